The van der Waals surface area contributed by atoms with Gasteiger partial charge in [-0.05, 0) is 143 Å². The van der Waals surface area contributed by atoms with E-state index in [1.54, 1.807) is 48.5 Å². The molecule has 0 radical (unpaired) electrons. The van der Waals surface area contributed by atoms with Crippen LogP contribution in [0.5, 0.6) is 11.5 Å². The van der Waals surface area contributed by atoms with Crippen molar-refractivity contribution in [1.82, 2.24) is 21.3 Å². The Morgan fingerprint density at radius 1 is 0.487 bits per heavy atom. The first-order valence-electron chi connectivity index (χ1n) is 27.6. The third-order valence-corrected chi connectivity index (χ3v) is 14.9. The molecular weight excluding hydrogens is 1010 g/mol. The van der Waals surface area contributed by atoms with Crippen LogP contribution < -0.4 is 30.7 Å². The van der Waals surface area contributed by atoms with Crippen LogP contribution in [0.4, 0.5) is 8.78 Å². The lowest BCUT2D eigenvalue weighted by Gasteiger charge is -2.33. The van der Waals surface area contributed by atoms with Crippen molar-refractivity contribution < 1.29 is 47.5 Å². The summed E-state index contributed by atoms with van der Waals surface area (Å²) in [6.45, 7) is 7.85. The molecule has 12 nitrogen and oxygen atoms in total. The minimum Gasteiger partial charge on any atom is -0.494 e. The Bertz CT molecular complexity index is 3070. The van der Waals surface area contributed by atoms with Crippen molar-refractivity contribution in [2.75, 3.05) is 52.6 Å². The molecule has 0 amide bonds. The second-order valence-corrected chi connectivity index (χ2v) is 20.4. The second-order valence-electron chi connectivity index (χ2n) is 20.4. The van der Waals surface area contributed by atoms with Gasteiger partial charge < -0.3 is 50.4 Å². The molecule has 0 bridgehead atoms. The largest absolute Gasteiger partial charge is 0.494 e. The first-order chi connectivity index (χ1) is 39.1. The van der Waals surface area contributed by atoms with Crippen LogP contribution in [-0.2, 0) is 35.8 Å². The van der Waals surface area contributed by atoms with Gasteiger partial charge in [-0.15, -0.1) is 0 Å². The molecule has 2 aliphatic rings. The molecule has 6 N–H and O–H groups in total. The number of benzene rings is 8. The smallest absolute Gasteiger partial charge is 0.335 e. The third kappa shape index (κ3) is 16.3. The summed E-state index contributed by atoms with van der Waals surface area (Å²) in [4.78, 5) is 22.5. The lowest BCUT2D eigenvalue weighted by atomic mass is 9.86. The highest BCUT2D eigenvalue weighted by atomic mass is 19.1. The van der Waals surface area contributed by atoms with Gasteiger partial charge in [0.15, 0.2) is 0 Å². The number of hydrogen-bond donors (Lipinski definition) is 6. The van der Waals surface area contributed by atoms with Gasteiger partial charge in [0.2, 0.25) is 0 Å². The number of piperidine rings is 2. The number of fused-ring (bicyclic) bond motifs is 2. The van der Waals surface area contributed by atoms with Crippen LogP contribution in [0.1, 0.15) is 91.6 Å². The fraction of sp³-hybridized carbons (Fsp3) is 0.303. The zero-order valence-corrected chi connectivity index (χ0v) is 44.9. The van der Waals surface area contributed by atoms with Crippen molar-refractivity contribution in [3.63, 3.8) is 0 Å². The lowest BCUT2D eigenvalue weighted by Crippen LogP contribution is -2.47. The van der Waals surface area contributed by atoms with Gasteiger partial charge in [-0.3, -0.25) is 0 Å². The van der Waals surface area contributed by atoms with Gasteiger partial charge in [-0.25, -0.2) is 18.4 Å². The predicted molar refractivity (Wildman–Crippen MR) is 309 cm³/mol. The number of aromatic carboxylic acids is 2. The Hall–Kier alpha value is -7.56. The number of carboxylic acids is 2. The summed E-state index contributed by atoms with van der Waals surface area (Å²) in [6.07, 6.45) is 3.55. The van der Waals surface area contributed by atoms with Crippen molar-refractivity contribution in [1.29, 1.82) is 0 Å². The Kier molecular flexibility index (Phi) is 20.8. The molecule has 14 heteroatoms. The number of carbonyl (C=O) groups is 2. The number of ether oxygens (including phenoxy) is 4. The van der Waals surface area contributed by atoms with E-state index in [-0.39, 0.29) is 36.9 Å². The number of halogens is 2. The van der Waals surface area contributed by atoms with Crippen molar-refractivity contribution in [2.45, 2.75) is 75.9 Å². The van der Waals surface area contributed by atoms with Crippen LogP contribution in [0.2, 0.25) is 0 Å². The summed E-state index contributed by atoms with van der Waals surface area (Å²) in [6, 6.07) is 53.5. The molecule has 0 saturated carbocycles. The summed E-state index contributed by atoms with van der Waals surface area (Å²) in [7, 11) is 0. The summed E-state index contributed by atoms with van der Waals surface area (Å²) >= 11 is 0. The van der Waals surface area contributed by atoms with Crippen LogP contribution >= 0.6 is 0 Å². The minimum absolute atomic E-state index is 0.240. The van der Waals surface area contributed by atoms with Gasteiger partial charge in [0.1, 0.15) is 23.1 Å². The Morgan fingerprint density at radius 3 is 1.30 bits per heavy atom. The average molecular weight is 1090 g/mol. The van der Waals surface area contributed by atoms with Crippen LogP contribution in [0.25, 0.3) is 21.5 Å². The fourth-order valence-electron chi connectivity index (χ4n) is 10.4. The summed E-state index contributed by atoms with van der Waals surface area (Å²) < 4.78 is 50.3. The molecule has 0 aliphatic carbocycles. The van der Waals surface area contributed by atoms with Crippen molar-refractivity contribution in [2.24, 2.45) is 0 Å². The molecule has 4 atom stereocenters. The number of carboxylic acid groups (broad SMARTS) is 2. The normalized spacial score (nSPS) is 17.1. The maximum atomic E-state index is 13.7. The highest BCUT2D eigenvalue weighted by Crippen LogP contribution is 2.30. The van der Waals surface area contributed by atoms with Gasteiger partial charge >= 0.3 is 11.9 Å². The summed E-state index contributed by atoms with van der Waals surface area (Å²) in [5, 5.41) is 36.9. The second kappa shape index (κ2) is 29.1. The van der Waals surface area contributed by atoms with E-state index in [9.17, 15) is 28.6 Å². The topological polar surface area (TPSA) is 160 Å². The molecule has 0 unspecified atom stereocenters. The molecule has 8 aromatic carbocycles. The molecule has 2 aliphatic heterocycles. The van der Waals surface area contributed by atoms with Gasteiger partial charge in [0.25, 0.3) is 0 Å². The molecule has 2 heterocycles. The third-order valence-electron chi connectivity index (χ3n) is 14.9. The number of hydrogen-bond acceptors (Lipinski definition) is 10. The SMILES string of the molecule is O=C(O)c1ccc2cc(CN[C@@H]3CNCC[C@@H]3c3ccc(OCCCOCc4ccccc4F)cc3)ccc2c1.O=C(O)c1ccc2cc(CN[C@H]3CNCC[C@H]3c3ccc(OCCCOCc4ccccc4F)cc3)ccc2c1. The Balaban J connectivity index is 0.000000194. The van der Waals surface area contributed by atoms with Crippen molar-refractivity contribution in [3.05, 3.63) is 226 Å². The van der Waals surface area contributed by atoms with E-state index < -0.39 is 11.9 Å². The molecule has 10 rings (SSSR count). The zero-order chi connectivity index (χ0) is 55.5. The Labute approximate surface area is 466 Å². The van der Waals surface area contributed by atoms with Crippen LogP contribution in [0, 0.1) is 11.6 Å². The Morgan fingerprint density at radius 2 is 0.887 bits per heavy atom. The molecule has 2 saturated heterocycles. The maximum absolute atomic E-state index is 13.7. The van der Waals surface area contributed by atoms with Crippen LogP contribution in [0.3, 0.4) is 0 Å². The van der Waals surface area contributed by atoms with E-state index >= 15 is 0 Å². The van der Waals surface area contributed by atoms with E-state index in [0.29, 0.717) is 60.5 Å². The van der Waals surface area contributed by atoms with Gasteiger partial charge in [-0.1, -0.05) is 97.1 Å². The molecular formula is C66H70F2N4O8. The molecule has 0 aromatic heterocycles. The van der Waals surface area contributed by atoms with Crippen LogP contribution in [0.15, 0.2) is 170 Å². The summed E-state index contributed by atoms with van der Waals surface area (Å²) in [5.41, 5.74) is 6.66. The first kappa shape index (κ1) is 57.1. The first-order valence-corrected chi connectivity index (χ1v) is 27.6. The highest BCUT2D eigenvalue weighted by molar-refractivity contribution is 5.95. The highest BCUT2D eigenvalue weighted by Gasteiger charge is 2.27. The van der Waals surface area contributed by atoms with Gasteiger partial charge in [0, 0.05) is 74.1 Å². The molecule has 8 aromatic rings. The number of rotatable bonds is 24. The van der Waals surface area contributed by atoms with Crippen molar-refractivity contribution in [3.8, 4) is 11.5 Å². The minimum atomic E-state index is -0.911. The molecule has 416 valence electrons. The lowest BCUT2D eigenvalue weighted by molar-refractivity contribution is 0.0686. The van der Waals surface area contributed by atoms with E-state index in [4.69, 9.17) is 18.9 Å². The van der Waals surface area contributed by atoms with Crippen LogP contribution in [-0.4, -0.2) is 86.8 Å². The maximum Gasteiger partial charge on any atom is 0.335 e. The van der Waals surface area contributed by atoms with Gasteiger partial charge in [0.05, 0.1) is 50.8 Å². The molecule has 2 fully saturated rings. The molecule has 80 heavy (non-hydrogen) atoms. The number of nitrogens with one attached hydrogen (secondary N) is 4. The monoisotopic (exact) mass is 1080 g/mol. The zero-order valence-electron chi connectivity index (χ0n) is 44.9. The van der Waals surface area contributed by atoms with Crippen molar-refractivity contribution >= 4 is 33.5 Å². The van der Waals surface area contributed by atoms with E-state index in [2.05, 4.69) is 69.8 Å². The van der Waals surface area contributed by atoms with Gasteiger partial charge in [-0.2, -0.15) is 0 Å². The van der Waals surface area contributed by atoms with E-state index in [1.807, 2.05) is 60.7 Å². The van der Waals surface area contributed by atoms with E-state index in [0.717, 1.165) is 98.0 Å². The fourth-order valence-corrected chi connectivity index (χ4v) is 10.4. The average Bonchev–Trinajstić information content (AvgIpc) is 3.49. The van der Waals surface area contributed by atoms with E-state index in [1.165, 1.54) is 34.4 Å². The summed E-state index contributed by atoms with van der Waals surface area (Å²) in [5.74, 6) is 0.142. The predicted octanol–water partition coefficient (Wildman–Crippen LogP) is 11.8. The standard InChI is InChI=1S/2C33H35FN2O4/c2*34-31-5-2-1-4-28(31)22-39-16-3-17-40-29-12-10-24(11-13-29)30-14-15-35-21-32(30)36-20-23-6-7-26-19-27(33(37)38)9-8-25(26)18-23/h2*1-2,4-13,18-19,30,32,35-36H,3,14-17,20-22H2,(H,37,38)/t2*30-,32-/m10/s1. The quantitative estimate of drug-likeness (QED) is 0.0319. The molecule has 0 spiro atoms.